The van der Waals surface area contributed by atoms with Crippen LogP contribution in [0.1, 0.15) is 37.5 Å². The van der Waals surface area contributed by atoms with Gasteiger partial charge in [0.15, 0.2) is 6.61 Å². The zero-order valence-corrected chi connectivity index (χ0v) is 21.4. The number of nitrogens with zero attached hydrogens (tertiary/aromatic N) is 1. The highest BCUT2D eigenvalue weighted by Crippen LogP contribution is 2.28. The topological polar surface area (TPSA) is 58.6 Å². The third kappa shape index (κ3) is 6.86. The maximum Gasteiger partial charge on any atom is 0.261 e. The molecule has 2 rings (SSSR count). The van der Waals surface area contributed by atoms with Crippen molar-refractivity contribution in [1.82, 2.24) is 10.2 Å². The Hall–Kier alpha value is -1.76. The van der Waals surface area contributed by atoms with Crippen LogP contribution < -0.4 is 10.1 Å². The molecule has 2 amide bonds. The van der Waals surface area contributed by atoms with Crippen LogP contribution in [0.3, 0.4) is 0 Å². The average molecular weight is 530 g/mol. The number of carbonyl (C=O) groups is 2. The zero-order chi connectivity index (χ0) is 23.3. The number of rotatable bonds is 8. The van der Waals surface area contributed by atoms with Crippen molar-refractivity contribution < 1.29 is 14.3 Å². The number of ether oxygens (including phenoxy) is 1. The number of amides is 2. The molecule has 0 heterocycles. The predicted octanol–water partition coefficient (Wildman–Crippen LogP) is 5.69. The summed E-state index contributed by atoms with van der Waals surface area (Å²) in [5.41, 5.74) is 2.59. The molecular formula is C23H27BrCl2N2O3. The van der Waals surface area contributed by atoms with Gasteiger partial charge >= 0.3 is 0 Å². The lowest BCUT2D eigenvalue weighted by Gasteiger charge is -2.30. The minimum Gasteiger partial charge on any atom is -0.484 e. The van der Waals surface area contributed by atoms with Gasteiger partial charge < -0.3 is 15.0 Å². The van der Waals surface area contributed by atoms with Crippen LogP contribution in [0.4, 0.5) is 0 Å². The van der Waals surface area contributed by atoms with E-state index < -0.39 is 6.04 Å². The van der Waals surface area contributed by atoms with Crippen molar-refractivity contribution in [1.29, 1.82) is 0 Å². The van der Waals surface area contributed by atoms with Gasteiger partial charge in [0.2, 0.25) is 5.91 Å². The van der Waals surface area contributed by atoms with Crippen molar-refractivity contribution in [3.05, 3.63) is 61.5 Å². The monoisotopic (exact) mass is 528 g/mol. The molecule has 2 aromatic carbocycles. The van der Waals surface area contributed by atoms with E-state index in [1.54, 1.807) is 25.1 Å². The first-order valence-corrected chi connectivity index (χ1v) is 11.5. The molecule has 1 N–H and O–H groups in total. The summed E-state index contributed by atoms with van der Waals surface area (Å²) in [7, 11) is 0. The molecule has 0 aliphatic carbocycles. The quantitative estimate of drug-likeness (QED) is 0.477. The third-order valence-electron chi connectivity index (χ3n) is 4.76. The second-order valence-electron chi connectivity index (χ2n) is 7.72. The molecule has 0 aliphatic heterocycles. The fourth-order valence-corrected chi connectivity index (χ4v) is 3.80. The van der Waals surface area contributed by atoms with Crippen molar-refractivity contribution in [2.24, 2.45) is 0 Å². The van der Waals surface area contributed by atoms with Gasteiger partial charge in [0.05, 0.1) is 0 Å². The Balaban J connectivity index is 2.26. The second-order valence-corrected chi connectivity index (χ2v) is 9.33. The highest BCUT2D eigenvalue weighted by molar-refractivity contribution is 9.10. The van der Waals surface area contributed by atoms with Crippen LogP contribution in [0.15, 0.2) is 34.8 Å². The molecule has 8 heteroatoms. The molecule has 0 aromatic heterocycles. The molecule has 0 radical (unpaired) electrons. The number of nitrogens with one attached hydrogen (secondary N) is 1. The minimum absolute atomic E-state index is 0.0548. The lowest BCUT2D eigenvalue weighted by Crippen LogP contribution is -2.50. The fourth-order valence-electron chi connectivity index (χ4n) is 3.06. The number of benzene rings is 2. The number of hydrogen-bond donors (Lipinski definition) is 1. The SMILES string of the molecule is Cc1cc(OCC(=O)N(Cc2c(Cl)cccc2Cl)[C@@H](C)C(=O)NC(C)C)cc(C)c1Br. The van der Waals surface area contributed by atoms with Gasteiger partial charge in [-0.1, -0.05) is 45.2 Å². The summed E-state index contributed by atoms with van der Waals surface area (Å²) in [5.74, 6) is -0.0240. The van der Waals surface area contributed by atoms with Crippen LogP contribution in [0.2, 0.25) is 10.0 Å². The summed E-state index contributed by atoms with van der Waals surface area (Å²) in [5, 5.41) is 3.71. The predicted molar refractivity (Wildman–Crippen MR) is 129 cm³/mol. The standard InChI is InChI=1S/C23H27BrCl2N2O3/c1-13(2)27-23(30)16(5)28(11-18-19(25)7-6-8-20(18)26)21(29)12-31-17-9-14(3)22(24)15(4)10-17/h6-10,13,16H,11-12H2,1-5H3,(H,27,30)/t16-/m0/s1. The minimum atomic E-state index is -0.737. The molecule has 1 atom stereocenters. The van der Waals surface area contributed by atoms with Gasteiger partial charge in [-0.3, -0.25) is 9.59 Å². The number of halogens is 3. The van der Waals surface area contributed by atoms with Crippen LogP contribution in [-0.2, 0) is 16.1 Å². The van der Waals surface area contributed by atoms with Gasteiger partial charge in [0.1, 0.15) is 11.8 Å². The largest absolute Gasteiger partial charge is 0.484 e. The van der Waals surface area contributed by atoms with Gasteiger partial charge in [-0.2, -0.15) is 0 Å². The molecule has 0 spiro atoms. The molecule has 0 saturated heterocycles. The van der Waals surface area contributed by atoms with Crippen LogP contribution >= 0.6 is 39.1 Å². The molecule has 2 aromatic rings. The second kappa shape index (κ2) is 11.2. The van der Waals surface area contributed by atoms with Crippen LogP contribution in [0.25, 0.3) is 0 Å². The fraction of sp³-hybridized carbons (Fsp3) is 0.391. The van der Waals surface area contributed by atoms with E-state index in [1.165, 1.54) is 4.90 Å². The average Bonchev–Trinajstić information content (AvgIpc) is 2.69. The Morgan fingerprint density at radius 1 is 1.10 bits per heavy atom. The van der Waals surface area contributed by atoms with E-state index in [2.05, 4.69) is 21.2 Å². The van der Waals surface area contributed by atoms with Gasteiger partial charge in [-0.15, -0.1) is 0 Å². The maximum atomic E-state index is 13.1. The first-order chi connectivity index (χ1) is 14.5. The van der Waals surface area contributed by atoms with E-state index in [0.29, 0.717) is 21.4 Å². The van der Waals surface area contributed by atoms with Gasteiger partial charge in [0.25, 0.3) is 5.91 Å². The van der Waals surface area contributed by atoms with Gasteiger partial charge in [-0.25, -0.2) is 0 Å². The Labute approximate surface area is 202 Å². The molecule has 5 nitrogen and oxygen atoms in total. The smallest absolute Gasteiger partial charge is 0.261 e. The number of aryl methyl sites for hydroxylation is 2. The van der Waals surface area contributed by atoms with E-state index in [4.69, 9.17) is 27.9 Å². The molecule has 0 saturated carbocycles. The summed E-state index contributed by atoms with van der Waals surface area (Å²) in [6, 6.07) is 8.06. The molecule has 0 fully saturated rings. The highest BCUT2D eigenvalue weighted by atomic mass is 79.9. The van der Waals surface area contributed by atoms with Crippen molar-refractivity contribution in [2.75, 3.05) is 6.61 Å². The van der Waals surface area contributed by atoms with Gasteiger partial charge in [0, 0.05) is 32.7 Å². The Morgan fingerprint density at radius 3 is 2.16 bits per heavy atom. The molecule has 31 heavy (non-hydrogen) atoms. The normalized spacial score (nSPS) is 11.9. The lowest BCUT2D eigenvalue weighted by atomic mass is 10.1. The third-order valence-corrected chi connectivity index (χ3v) is 6.72. The van der Waals surface area contributed by atoms with Crippen LogP contribution in [0, 0.1) is 13.8 Å². The van der Waals surface area contributed by atoms with Crippen LogP contribution in [-0.4, -0.2) is 35.4 Å². The van der Waals surface area contributed by atoms with E-state index in [0.717, 1.165) is 15.6 Å². The highest BCUT2D eigenvalue weighted by Gasteiger charge is 2.28. The van der Waals surface area contributed by atoms with Gasteiger partial charge in [-0.05, 0) is 70.0 Å². The summed E-state index contributed by atoms with van der Waals surface area (Å²) in [6.45, 7) is 9.18. The van der Waals surface area contributed by atoms with Crippen molar-refractivity contribution in [3.8, 4) is 5.75 Å². The zero-order valence-electron chi connectivity index (χ0n) is 18.3. The summed E-state index contributed by atoms with van der Waals surface area (Å²) in [6.07, 6.45) is 0. The van der Waals surface area contributed by atoms with Crippen molar-refractivity contribution in [3.63, 3.8) is 0 Å². The number of carbonyl (C=O) groups excluding carboxylic acids is 2. The number of hydrogen-bond acceptors (Lipinski definition) is 3. The van der Waals surface area contributed by atoms with E-state index in [1.807, 2.05) is 39.8 Å². The summed E-state index contributed by atoms with van der Waals surface area (Å²) >= 11 is 16.1. The Morgan fingerprint density at radius 2 is 1.65 bits per heavy atom. The molecular weight excluding hydrogens is 503 g/mol. The first kappa shape index (κ1) is 25.5. The molecule has 0 unspecified atom stereocenters. The summed E-state index contributed by atoms with van der Waals surface area (Å²) in [4.78, 5) is 27.2. The molecule has 168 valence electrons. The van der Waals surface area contributed by atoms with E-state index in [-0.39, 0.29) is 31.0 Å². The van der Waals surface area contributed by atoms with E-state index >= 15 is 0 Å². The van der Waals surface area contributed by atoms with Crippen LogP contribution in [0.5, 0.6) is 5.75 Å². The Kier molecular flexibility index (Phi) is 9.22. The van der Waals surface area contributed by atoms with E-state index in [9.17, 15) is 9.59 Å². The van der Waals surface area contributed by atoms with Crippen molar-refractivity contribution in [2.45, 2.75) is 53.2 Å². The molecule has 0 bridgehead atoms. The first-order valence-electron chi connectivity index (χ1n) is 9.93. The Bertz CT molecular complexity index is 923. The van der Waals surface area contributed by atoms with Crippen molar-refractivity contribution >= 4 is 50.9 Å². The molecule has 0 aliphatic rings. The summed E-state index contributed by atoms with van der Waals surface area (Å²) < 4.78 is 6.77. The maximum absolute atomic E-state index is 13.1. The lowest BCUT2D eigenvalue weighted by molar-refractivity contribution is -0.142.